The van der Waals surface area contributed by atoms with Gasteiger partial charge in [-0.15, -0.1) is 0 Å². The molecule has 2 aromatic rings. The summed E-state index contributed by atoms with van der Waals surface area (Å²) in [6.07, 6.45) is 0.568. The van der Waals surface area contributed by atoms with E-state index in [0.29, 0.717) is 35.7 Å². The highest BCUT2D eigenvalue weighted by atomic mass is 35.5. The molecule has 0 aliphatic carbocycles. The fraction of sp³-hybridized carbons (Fsp3) is 0.421. The van der Waals surface area contributed by atoms with Crippen LogP contribution in [-0.4, -0.2) is 43.6 Å². The Morgan fingerprint density at radius 3 is 2.74 bits per heavy atom. The third kappa shape index (κ3) is 3.78. The molecule has 1 atom stereocenters. The number of aryl methyl sites for hydroxylation is 1. The Balaban J connectivity index is 1.73. The van der Waals surface area contributed by atoms with Gasteiger partial charge in [0.1, 0.15) is 11.3 Å². The van der Waals surface area contributed by atoms with Gasteiger partial charge in [-0.25, -0.2) is 4.79 Å². The number of benzene rings is 1. The van der Waals surface area contributed by atoms with Crippen LogP contribution in [0.3, 0.4) is 0 Å². The number of hydrogen-bond acceptors (Lipinski definition) is 6. The van der Waals surface area contributed by atoms with E-state index in [1.54, 1.807) is 17.9 Å². The highest BCUT2D eigenvalue weighted by Crippen LogP contribution is 2.32. The number of carbonyl (C=O) groups is 2. The van der Waals surface area contributed by atoms with Gasteiger partial charge < -0.3 is 18.8 Å². The first-order chi connectivity index (χ1) is 12.8. The van der Waals surface area contributed by atoms with Crippen LogP contribution in [0.25, 0.3) is 11.0 Å². The number of carbonyl (C=O) groups excluding carboxylic acids is 2. The van der Waals surface area contributed by atoms with Crippen molar-refractivity contribution < 1.29 is 23.5 Å². The minimum atomic E-state index is -0.421. The van der Waals surface area contributed by atoms with E-state index >= 15 is 0 Å². The molecule has 1 fully saturated rings. The first-order valence-electron chi connectivity index (χ1n) is 8.53. The van der Waals surface area contributed by atoms with E-state index in [1.165, 1.54) is 13.2 Å². The number of esters is 1. The molecule has 3 rings (SSSR count). The Morgan fingerprint density at radius 1 is 1.30 bits per heavy atom. The summed E-state index contributed by atoms with van der Waals surface area (Å²) in [5.41, 5.74) is 1.24. The molecule has 1 aromatic heterocycles. The number of amides is 1. The standard InChI is InChI=1S/C19H20ClNO6/c1-10-11(2)18(23)27-15-7-16(14(20)6-13(10)15)26-9-17(22)21-5-4-12(8-21)19(24)25-3/h6-7,12H,4-5,8-9H2,1-3H3. The van der Waals surface area contributed by atoms with Gasteiger partial charge in [-0.1, -0.05) is 11.6 Å². The summed E-state index contributed by atoms with van der Waals surface area (Å²) in [5.74, 6) is -0.611. The summed E-state index contributed by atoms with van der Waals surface area (Å²) in [4.78, 5) is 37.3. The molecular formula is C19H20ClNO6. The van der Waals surface area contributed by atoms with Crippen molar-refractivity contribution in [2.24, 2.45) is 5.92 Å². The van der Waals surface area contributed by atoms with Gasteiger partial charge in [0.15, 0.2) is 6.61 Å². The average molecular weight is 394 g/mol. The normalized spacial score (nSPS) is 16.6. The van der Waals surface area contributed by atoms with E-state index in [2.05, 4.69) is 0 Å². The summed E-state index contributed by atoms with van der Waals surface area (Å²) < 4.78 is 15.6. The van der Waals surface area contributed by atoms with Gasteiger partial charge in [-0.2, -0.15) is 0 Å². The van der Waals surface area contributed by atoms with E-state index in [9.17, 15) is 14.4 Å². The molecule has 1 aromatic carbocycles. The van der Waals surface area contributed by atoms with Crippen molar-refractivity contribution in [3.8, 4) is 5.75 Å². The van der Waals surface area contributed by atoms with E-state index in [1.807, 2.05) is 6.92 Å². The second kappa shape index (κ2) is 7.60. The molecule has 0 spiro atoms. The second-order valence-corrected chi connectivity index (χ2v) is 6.96. The molecule has 0 radical (unpaired) electrons. The lowest BCUT2D eigenvalue weighted by molar-refractivity contribution is -0.145. The van der Waals surface area contributed by atoms with Crippen molar-refractivity contribution in [2.75, 3.05) is 26.8 Å². The zero-order chi connectivity index (χ0) is 19.7. The van der Waals surface area contributed by atoms with E-state index in [-0.39, 0.29) is 30.2 Å². The Morgan fingerprint density at radius 2 is 2.04 bits per heavy atom. The van der Waals surface area contributed by atoms with Crippen molar-refractivity contribution in [2.45, 2.75) is 20.3 Å². The third-order valence-electron chi connectivity index (χ3n) is 4.94. The van der Waals surface area contributed by atoms with Crippen LogP contribution in [0.5, 0.6) is 5.75 Å². The predicted molar refractivity (Wildman–Crippen MR) is 99.2 cm³/mol. The summed E-state index contributed by atoms with van der Waals surface area (Å²) >= 11 is 6.26. The fourth-order valence-corrected chi connectivity index (χ4v) is 3.35. The fourth-order valence-electron chi connectivity index (χ4n) is 3.13. The molecule has 144 valence electrons. The molecule has 27 heavy (non-hydrogen) atoms. The van der Waals surface area contributed by atoms with Crippen LogP contribution in [0.2, 0.25) is 5.02 Å². The van der Waals surface area contributed by atoms with Crippen molar-refractivity contribution in [1.29, 1.82) is 0 Å². The van der Waals surface area contributed by atoms with Crippen LogP contribution in [0, 0.1) is 19.8 Å². The van der Waals surface area contributed by atoms with Gasteiger partial charge in [0.25, 0.3) is 5.91 Å². The molecule has 0 saturated carbocycles. The number of fused-ring (bicyclic) bond motifs is 1. The lowest BCUT2D eigenvalue weighted by atomic mass is 10.1. The van der Waals surface area contributed by atoms with Crippen molar-refractivity contribution in [1.82, 2.24) is 4.90 Å². The molecule has 8 heteroatoms. The number of nitrogens with zero attached hydrogens (tertiary/aromatic N) is 1. The van der Waals surface area contributed by atoms with Crippen molar-refractivity contribution in [3.05, 3.63) is 38.7 Å². The van der Waals surface area contributed by atoms with Gasteiger partial charge >= 0.3 is 11.6 Å². The summed E-state index contributed by atoms with van der Waals surface area (Å²) in [6, 6.07) is 3.17. The molecule has 1 aliphatic heterocycles. The van der Waals surface area contributed by atoms with E-state index < -0.39 is 5.63 Å². The highest BCUT2D eigenvalue weighted by molar-refractivity contribution is 6.32. The van der Waals surface area contributed by atoms with Crippen LogP contribution in [-0.2, 0) is 14.3 Å². The molecule has 0 bridgehead atoms. The third-order valence-corrected chi connectivity index (χ3v) is 5.23. The van der Waals surface area contributed by atoms with Crippen molar-refractivity contribution in [3.63, 3.8) is 0 Å². The Labute approximate surface area is 160 Å². The zero-order valence-electron chi connectivity index (χ0n) is 15.3. The van der Waals surface area contributed by atoms with Crippen LogP contribution < -0.4 is 10.4 Å². The van der Waals surface area contributed by atoms with Crippen LogP contribution in [0.1, 0.15) is 17.5 Å². The van der Waals surface area contributed by atoms with Gasteiger partial charge in [0.2, 0.25) is 0 Å². The number of methoxy groups -OCH3 is 1. The molecule has 1 unspecified atom stereocenters. The van der Waals surface area contributed by atoms with Crippen LogP contribution in [0.4, 0.5) is 0 Å². The Bertz CT molecular complexity index is 967. The largest absolute Gasteiger partial charge is 0.482 e. The Kier molecular flexibility index (Phi) is 5.41. The molecule has 7 nitrogen and oxygen atoms in total. The first-order valence-corrected chi connectivity index (χ1v) is 8.91. The van der Waals surface area contributed by atoms with Gasteiger partial charge in [0.05, 0.1) is 18.1 Å². The number of ether oxygens (including phenoxy) is 2. The summed E-state index contributed by atoms with van der Waals surface area (Å²) in [7, 11) is 1.33. The maximum atomic E-state index is 12.3. The topological polar surface area (TPSA) is 86.1 Å². The lowest BCUT2D eigenvalue weighted by Gasteiger charge is -2.17. The number of hydrogen-bond donors (Lipinski definition) is 0. The first kappa shape index (κ1) is 19.2. The monoisotopic (exact) mass is 393 g/mol. The van der Waals surface area contributed by atoms with Crippen LogP contribution in [0.15, 0.2) is 21.3 Å². The minimum Gasteiger partial charge on any atom is -0.482 e. The molecule has 0 N–H and O–H groups in total. The zero-order valence-corrected chi connectivity index (χ0v) is 16.1. The average Bonchev–Trinajstić information content (AvgIpc) is 3.15. The molecule has 1 aliphatic rings. The predicted octanol–water partition coefficient (Wildman–Crippen LogP) is 2.46. The lowest BCUT2D eigenvalue weighted by Crippen LogP contribution is -2.34. The molecule has 1 saturated heterocycles. The SMILES string of the molecule is COC(=O)C1CCN(C(=O)COc2cc3oc(=O)c(C)c(C)c3cc2Cl)C1. The molecule has 2 heterocycles. The number of likely N-dealkylation sites (tertiary alicyclic amines) is 1. The van der Waals surface area contributed by atoms with Gasteiger partial charge in [-0.05, 0) is 31.9 Å². The van der Waals surface area contributed by atoms with E-state index in [4.69, 9.17) is 25.5 Å². The quantitative estimate of drug-likeness (QED) is 0.586. The number of halogens is 1. The molecular weight excluding hydrogens is 374 g/mol. The maximum absolute atomic E-state index is 12.3. The van der Waals surface area contributed by atoms with Gasteiger partial charge in [0, 0.05) is 30.1 Å². The summed E-state index contributed by atoms with van der Waals surface area (Å²) in [6.45, 7) is 4.07. The van der Waals surface area contributed by atoms with Gasteiger partial charge in [-0.3, -0.25) is 9.59 Å². The smallest absolute Gasteiger partial charge is 0.339 e. The molecule has 1 amide bonds. The van der Waals surface area contributed by atoms with Crippen LogP contribution >= 0.6 is 11.6 Å². The van der Waals surface area contributed by atoms with E-state index in [0.717, 1.165) is 10.9 Å². The maximum Gasteiger partial charge on any atom is 0.339 e. The Hall–Kier alpha value is -2.54. The number of rotatable bonds is 4. The highest BCUT2D eigenvalue weighted by Gasteiger charge is 2.31. The minimum absolute atomic E-state index is 0.228. The van der Waals surface area contributed by atoms with Crippen molar-refractivity contribution >= 4 is 34.4 Å². The second-order valence-electron chi connectivity index (χ2n) is 6.56. The summed E-state index contributed by atoms with van der Waals surface area (Å²) in [5, 5.41) is 1.04.